The molecule has 3 aromatic heterocycles. The van der Waals surface area contributed by atoms with Gasteiger partial charge in [0.2, 0.25) is 17.8 Å². The monoisotopic (exact) mass is 445 g/mol. The standard InChI is InChI=1S/C22H23N9O2/c32-18-12-14(20(33)26-18)11-15-13-24-31-19(15)27-21(28-22(31)25-16-4-5-16)30-9-7-29(8-10-30)17-3-1-2-6-23-17/h1-3,6,11,13,16H,4-5,7-10,12H2,(H,25,27,28)(H,26,32,33). The maximum atomic E-state index is 12.0. The van der Waals surface area contributed by atoms with E-state index in [2.05, 4.69) is 30.5 Å². The summed E-state index contributed by atoms with van der Waals surface area (Å²) in [6.07, 6.45) is 7.43. The van der Waals surface area contributed by atoms with Crippen molar-refractivity contribution in [3.05, 3.63) is 41.7 Å². The lowest BCUT2D eigenvalue weighted by molar-refractivity contribution is -0.124. The summed E-state index contributed by atoms with van der Waals surface area (Å²) in [6.45, 7) is 3.15. The third-order valence-corrected chi connectivity index (χ3v) is 6.06. The second kappa shape index (κ2) is 7.84. The number of carbonyl (C=O) groups excluding carboxylic acids is 2. The number of rotatable bonds is 5. The highest BCUT2D eigenvalue weighted by atomic mass is 16.2. The topological polar surface area (TPSA) is 121 Å². The van der Waals surface area contributed by atoms with Gasteiger partial charge in [-0.1, -0.05) is 6.07 Å². The fourth-order valence-electron chi connectivity index (χ4n) is 4.12. The lowest BCUT2D eigenvalue weighted by atomic mass is 10.1. The molecule has 2 amide bonds. The molecule has 168 valence electrons. The minimum Gasteiger partial charge on any atom is -0.353 e. The Morgan fingerprint density at radius 2 is 1.88 bits per heavy atom. The van der Waals surface area contributed by atoms with Crippen molar-refractivity contribution in [2.24, 2.45) is 0 Å². The number of nitrogens with one attached hydrogen (secondary N) is 2. The van der Waals surface area contributed by atoms with Crippen LogP contribution in [0.15, 0.2) is 36.2 Å². The van der Waals surface area contributed by atoms with Gasteiger partial charge in [0.05, 0.1) is 12.6 Å². The molecule has 33 heavy (non-hydrogen) atoms. The number of pyridine rings is 1. The lowest BCUT2D eigenvalue weighted by Crippen LogP contribution is -2.47. The van der Waals surface area contributed by atoms with Gasteiger partial charge < -0.3 is 15.1 Å². The molecule has 6 rings (SSSR count). The maximum absolute atomic E-state index is 12.0. The Labute approximate surface area is 189 Å². The number of anilines is 3. The van der Waals surface area contributed by atoms with Gasteiger partial charge in [0.1, 0.15) is 5.82 Å². The smallest absolute Gasteiger partial charge is 0.254 e. The predicted molar refractivity (Wildman–Crippen MR) is 122 cm³/mol. The zero-order valence-corrected chi connectivity index (χ0v) is 17.9. The molecule has 2 N–H and O–H groups in total. The minimum absolute atomic E-state index is 0.0662. The van der Waals surface area contributed by atoms with E-state index in [1.54, 1.807) is 16.8 Å². The van der Waals surface area contributed by atoms with Crippen molar-refractivity contribution in [1.29, 1.82) is 0 Å². The van der Waals surface area contributed by atoms with Gasteiger partial charge >= 0.3 is 0 Å². The summed E-state index contributed by atoms with van der Waals surface area (Å²) in [7, 11) is 0. The molecule has 3 aliphatic rings. The molecule has 0 unspecified atom stereocenters. The highest BCUT2D eigenvalue weighted by molar-refractivity contribution is 6.15. The van der Waals surface area contributed by atoms with Crippen LogP contribution in [0.2, 0.25) is 0 Å². The molecular formula is C22H23N9O2. The van der Waals surface area contributed by atoms with Gasteiger partial charge in [-0.2, -0.15) is 19.6 Å². The fraction of sp³-hybridized carbons (Fsp3) is 0.364. The molecular weight excluding hydrogens is 422 g/mol. The highest BCUT2D eigenvalue weighted by Crippen LogP contribution is 2.27. The summed E-state index contributed by atoms with van der Waals surface area (Å²) in [6, 6.07) is 6.32. The Morgan fingerprint density at radius 1 is 1.06 bits per heavy atom. The van der Waals surface area contributed by atoms with E-state index in [1.165, 1.54) is 0 Å². The third-order valence-electron chi connectivity index (χ3n) is 6.06. The maximum Gasteiger partial charge on any atom is 0.254 e. The van der Waals surface area contributed by atoms with Gasteiger partial charge in [0, 0.05) is 49.6 Å². The number of imide groups is 1. The molecule has 11 nitrogen and oxygen atoms in total. The van der Waals surface area contributed by atoms with Crippen LogP contribution >= 0.6 is 0 Å². The first-order valence-corrected chi connectivity index (χ1v) is 11.1. The van der Waals surface area contributed by atoms with E-state index in [-0.39, 0.29) is 18.2 Å². The van der Waals surface area contributed by atoms with E-state index >= 15 is 0 Å². The predicted octanol–water partition coefficient (Wildman–Crippen LogP) is 0.850. The molecule has 0 atom stereocenters. The molecule has 0 bridgehead atoms. The van der Waals surface area contributed by atoms with Gasteiger partial charge in [0.15, 0.2) is 5.65 Å². The SMILES string of the molecule is O=C1CC(=Cc2cnn3c(NC4CC4)nc(N4CCN(c5ccccn5)CC4)nc23)C(=O)N1. The van der Waals surface area contributed by atoms with Crippen molar-refractivity contribution >= 4 is 41.3 Å². The van der Waals surface area contributed by atoms with Crippen LogP contribution in [0, 0.1) is 0 Å². The molecule has 1 saturated carbocycles. The zero-order valence-electron chi connectivity index (χ0n) is 17.9. The number of carbonyl (C=O) groups is 2. The van der Waals surface area contributed by atoms with Crippen molar-refractivity contribution in [3.8, 4) is 0 Å². The quantitative estimate of drug-likeness (QED) is 0.435. The van der Waals surface area contributed by atoms with Crippen LogP contribution < -0.4 is 20.4 Å². The molecule has 1 aliphatic carbocycles. The number of hydrogen-bond donors (Lipinski definition) is 2. The van der Waals surface area contributed by atoms with Crippen LogP contribution in [-0.2, 0) is 9.59 Å². The van der Waals surface area contributed by atoms with E-state index in [1.807, 2.05) is 24.4 Å². The number of aromatic nitrogens is 5. The van der Waals surface area contributed by atoms with E-state index in [9.17, 15) is 9.59 Å². The van der Waals surface area contributed by atoms with E-state index in [0.29, 0.717) is 34.7 Å². The van der Waals surface area contributed by atoms with Gasteiger partial charge in [0.25, 0.3) is 5.91 Å². The van der Waals surface area contributed by atoms with Gasteiger partial charge in [-0.25, -0.2) is 4.98 Å². The average molecular weight is 445 g/mol. The third kappa shape index (κ3) is 3.86. The Balaban J connectivity index is 1.32. The van der Waals surface area contributed by atoms with Crippen LogP contribution in [0.4, 0.5) is 17.7 Å². The molecule has 0 radical (unpaired) electrons. The summed E-state index contributed by atoms with van der Waals surface area (Å²) in [4.78, 5) is 42.1. The van der Waals surface area contributed by atoms with Crippen LogP contribution in [0.25, 0.3) is 11.7 Å². The number of hydrogen-bond acceptors (Lipinski definition) is 9. The van der Waals surface area contributed by atoms with E-state index < -0.39 is 0 Å². The molecule has 11 heteroatoms. The van der Waals surface area contributed by atoms with Crippen LogP contribution in [0.3, 0.4) is 0 Å². The van der Waals surface area contributed by atoms with Crippen molar-refractivity contribution in [3.63, 3.8) is 0 Å². The first kappa shape index (κ1) is 19.6. The number of nitrogens with zero attached hydrogens (tertiary/aromatic N) is 7. The molecule has 0 aromatic carbocycles. The second-order valence-corrected chi connectivity index (χ2v) is 8.49. The summed E-state index contributed by atoms with van der Waals surface area (Å²) in [5.41, 5.74) is 1.70. The first-order valence-electron chi connectivity index (χ1n) is 11.1. The Kier molecular flexibility index (Phi) is 4.67. The average Bonchev–Trinajstić information content (AvgIpc) is 3.47. The largest absolute Gasteiger partial charge is 0.353 e. The van der Waals surface area contributed by atoms with Crippen molar-refractivity contribution in [1.82, 2.24) is 29.9 Å². The highest BCUT2D eigenvalue weighted by Gasteiger charge is 2.27. The van der Waals surface area contributed by atoms with Crippen molar-refractivity contribution in [2.75, 3.05) is 41.3 Å². The van der Waals surface area contributed by atoms with Crippen LogP contribution in [0.1, 0.15) is 24.8 Å². The molecule has 3 aromatic rings. The zero-order chi connectivity index (χ0) is 22.4. The van der Waals surface area contributed by atoms with Gasteiger partial charge in [-0.3, -0.25) is 14.9 Å². The summed E-state index contributed by atoms with van der Waals surface area (Å²) >= 11 is 0. The summed E-state index contributed by atoms with van der Waals surface area (Å²) in [5.74, 6) is 1.58. The molecule has 0 spiro atoms. The Morgan fingerprint density at radius 3 is 2.58 bits per heavy atom. The molecule has 2 aliphatic heterocycles. The van der Waals surface area contributed by atoms with Gasteiger partial charge in [-0.05, 0) is 31.1 Å². The molecule has 5 heterocycles. The Hall–Kier alpha value is -4.02. The Bertz CT molecular complexity index is 1260. The summed E-state index contributed by atoms with van der Waals surface area (Å²) < 4.78 is 1.67. The van der Waals surface area contributed by atoms with E-state index in [4.69, 9.17) is 9.97 Å². The van der Waals surface area contributed by atoms with E-state index in [0.717, 1.165) is 44.8 Å². The minimum atomic E-state index is -0.365. The molecule has 2 saturated heterocycles. The van der Waals surface area contributed by atoms with Crippen LogP contribution in [0.5, 0.6) is 0 Å². The first-order chi connectivity index (χ1) is 16.1. The number of fused-ring (bicyclic) bond motifs is 1. The number of piperazine rings is 1. The van der Waals surface area contributed by atoms with Crippen molar-refractivity contribution in [2.45, 2.75) is 25.3 Å². The molecule has 3 fully saturated rings. The van der Waals surface area contributed by atoms with Crippen molar-refractivity contribution < 1.29 is 9.59 Å². The lowest BCUT2D eigenvalue weighted by Gasteiger charge is -2.35. The fourth-order valence-corrected chi connectivity index (χ4v) is 4.12. The second-order valence-electron chi connectivity index (χ2n) is 8.49. The number of amides is 2. The van der Waals surface area contributed by atoms with Gasteiger partial charge in [-0.15, -0.1) is 0 Å². The normalized spacial score (nSPS) is 20.1. The van der Waals surface area contributed by atoms with Crippen LogP contribution in [-0.4, -0.2) is 68.6 Å². The summed E-state index contributed by atoms with van der Waals surface area (Å²) in [5, 5.41) is 10.2.